The number of unbranched alkanes of at least 4 members (excludes halogenated alkanes) is 9. The van der Waals surface area contributed by atoms with Gasteiger partial charge in [-0.3, -0.25) is 14.4 Å². The maximum Gasteiger partial charge on any atom is 0.253 e. The Morgan fingerprint density at radius 2 is 1.36 bits per heavy atom. The number of nitrogens with one attached hydrogen (secondary N) is 1. The Kier molecular flexibility index (Phi) is 8.92. The van der Waals surface area contributed by atoms with Gasteiger partial charge in [-0.15, -0.1) is 0 Å². The van der Waals surface area contributed by atoms with Crippen LogP contribution in [0.3, 0.4) is 0 Å². The maximum absolute atomic E-state index is 12.2. The minimum Gasteiger partial charge on any atom is -0.505 e. The Labute approximate surface area is 167 Å². The number of hydrogen-bond acceptors (Lipinski definition) is 4. The van der Waals surface area contributed by atoms with Gasteiger partial charge in [0.25, 0.3) is 5.78 Å². The van der Waals surface area contributed by atoms with Crippen molar-refractivity contribution in [1.29, 1.82) is 0 Å². The summed E-state index contributed by atoms with van der Waals surface area (Å²) in [6, 6.07) is 6.35. The molecule has 0 heterocycles. The predicted octanol–water partition coefficient (Wildman–Crippen LogP) is 5.11. The Morgan fingerprint density at radius 1 is 0.821 bits per heavy atom. The monoisotopic (exact) mass is 385 g/mol. The third-order valence-corrected chi connectivity index (χ3v) is 5.12. The molecule has 0 radical (unpaired) electrons. The molecule has 5 nitrogen and oxygen atoms in total. The molecule has 0 atom stereocenters. The molecule has 0 fully saturated rings. The molecule has 0 aromatic heterocycles. The summed E-state index contributed by atoms with van der Waals surface area (Å²) in [6.07, 6.45) is 12.0. The van der Waals surface area contributed by atoms with Crippen molar-refractivity contribution in [2.24, 2.45) is 0 Å². The molecule has 0 unspecified atom stereocenters. The van der Waals surface area contributed by atoms with Crippen LogP contribution in [0.25, 0.3) is 5.76 Å². The first-order valence-electron chi connectivity index (χ1n) is 10.5. The van der Waals surface area contributed by atoms with Crippen LogP contribution in [-0.2, 0) is 9.59 Å². The zero-order valence-electron chi connectivity index (χ0n) is 16.8. The average molecular weight is 386 g/mol. The molecule has 0 aliphatic heterocycles. The van der Waals surface area contributed by atoms with Crippen LogP contribution in [0.2, 0.25) is 0 Å². The highest BCUT2D eigenvalue weighted by atomic mass is 16.3. The number of carbonyl (C=O) groups is 3. The van der Waals surface area contributed by atoms with E-state index in [1.807, 2.05) is 0 Å². The SMILES string of the molecule is CCCCCCCCCCCCC(=O)NC1=C(O)c2ccccc2C(=O)C1=O. The van der Waals surface area contributed by atoms with E-state index >= 15 is 0 Å². The van der Waals surface area contributed by atoms with Crippen molar-refractivity contribution in [3.63, 3.8) is 0 Å². The van der Waals surface area contributed by atoms with Crippen LogP contribution in [0.5, 0.6) is 0 Å². The molecule has 152 valence electrons. The third kappa shape index (κ3) is 6.04. The molecular weight excluding hydrogens is 354 g/mol. The number of benzene rings is 1. The van der Waals surface area contributed by atoms with E-state index < -0.39 is 11.6 Å². The van der Waals surface area contributed by atoms with E-state index in [0.29, 0.717) is 0 Å². The van der Waals surface area contributed by atoms with Crippen molar-refractivity contribution < 1.29 is 19.5 Å². The first kappa shape index (κ1) is 21.9. The molecule has 5 heteroatoms. The molecule has 0 saturated carbocycles. The van der Waals surface area contributed by atoms with Gasteiger partial charge in [-0.2, -0.15) is 0 Å². The summed E-state index contributed by atoms with van der Waals surface area (Å²) in [6.45, 7) is 2.22. The highest BCUT2D eigenvalue weighted by molar-refractivity contribution is 6.52. The molecule has 2 rings (SSSR count). The summed E-state index contributed by atoms with van der Waals surface area (Å²) in [7, 11) is 0. The molecule has 1 aromatic carbocycles. The number of rotatable bonds is 12. The summed E-state index contributed by atoms with van der Waals surface area (Å²) < 4.78 is 0. The van der Waals surface area contributed by atoms with Gasteiger partial charge in [-0.1, -0.05) is 89.0 Å². The zero-order valence-corrected chi connectivity index (χ0v) is 16.8. The number of allylic oxidation sites excluding steroid dienone is 1. The van der Waals surface area contributed by atoms with Gasteiger partial charge >= 0.3 is 0 Å². The smallest absolute Gasteiger partial charge is 0.253 e. The Morgan fingerprint density at radius 3 is 1.96 bits per heavy atom. The second-order valence-corrected chi connectivity index (χ2v) is 7.41. The fourth-order valence-corrected chi connectivity index (χ4v) is 3.46. The number of carbonyl (C=O) groups excluding carboxylic acids is 3. The van der Waals surface area contributed by atoms with Crippen molar-refractivity contribution in [2.75, 3.05) is 0 Å². The topological polar surface area (TPSA) is 83.5 Å². The Hall–Kier alpha value is -2.43. The largest absolute Gasteiger partial charge is 0.505 e. The van der Waals surface area contributed by atoms with Gasteiger partial charge in [0.05, 0.1) is 0 Å². The van der Waals surface area contributed by atoms with E-state index in [4.69, 9.17) is 0 Å². The summed E-state index contributed by atoms with van der Waals surface area (Å²) in [5.41, 5.74) is 0.139. The second kappa shape index (κ2) is 11.4. The molecule has 0 saturated heterocycles. The number of fused-ring (bicyclic) bond motifs is 1. The van der Waals surface area contributed by atoms with Crippen LogP contribution in [-0.4, -0.2) is 22.6 Å². The fraction of sp³-hybridized carbons (Fsp3) is 0.522. The number of ketones is 2. The normalized spacial score (nSPS) is 13.6. The first-order valence-corrected chi connectivity index (χ1v) is 10.5. The zero-order chi connectivity index (χ0) is 20.4. The van der Waals surface area contributed by atoms with Crippen LogP contribution < -0.4 is 5.32 Å². The van der Waals surface area contributed by atoms with Gasteiger partial charge in [-0.25, -0.2) is 0 Å². The lowest BCUT2D eigenvalue weighted by molar-refractivity contribution is -0.122. The molecule has 1 aromatic rings. The van der Waals surface area contributed by atoms with Gasteiger partial charge in [0.1, 0.15) is 5.70 Å². The molecule has 1 aliphatic rings. The van der Waals surface area contributed by atoms with Crippen molar-refractivity contribution in [3.05, 3.63) is 41.1 Å². The van der Waals surface area contributed by atoms with Gasteiger partial charge in [-0.05, 0) is 6.42 Å². The van der Waals surface area contributed by atoms with Crippen LogP contribution in [0.4, 0.5) is 0 Å². The fourth-order valence-electron chi connectivity index (χ4n) is 3.46. The molecule has 0 bridgehead atoms. The van der Waals surface area contributed by atoms with Crippen molar-refractivity contribution >= 4 is 23.2 Å². The number of aliphatic hydroxyl groups is 1. The molecule has 2 N–H and O–H groups in total. The summed E-state index contributed by atoms with van der Waals surface area (Å²) in [5.74, 6) is -2.26. The molecule has 28 heavy (non-hydrogen) atoms. The second-order valence-electron chi connectivity index (χ2n) is 7.41. The minimum absolute atomic E-state index is 0.165. The van der Waals surface area contributed by atoms with E-state index in [2.05, 4.69) is 12.2 Å². The highest BCUT2D eigenvalue weighted by Crippen LogP contribution is 2.26. The first-order chi connectivity index (χ1) is 13.6. The van der Waals surface area contributed by atoms with E-state index in [-0.39, 0.29) is 34.9 Å². The van der Waals surface area contributed by atoms with Gasteiger partial charge < -0.3 is 10.4 Å². The Balaban J connectivity index is 1.72. The number of Topliss-reactive ketones (excluding diaryl/α,β-unsaturated/α-hetero) is 2. The van der Waals surface area contributed by atoms with Gasteiger partial charge in [0.2, 0.25) is 11.7 Å². The number of amides is 1. The quantitative estimate of drug-likeness (QED) is 0.387. The lowest BCUT2D eigenvalue weighted by Gasteiger charge is -2.18. The van der Waals surface area contributed by atoms with Crippen molar-refractivity contribution in [2.45, 2.75) is 77.6 Å². The number of hydrogen-bond donors (Lipinski definition) is 2. The van der Waals surface area contributed by atoms with E-state index in [1.165, 1.54) is 51.0 Å². The van der Waals surface area contributed by atoms with Crippen LogP contribution in [0.1, 0.15) is 93.5 Å². The molecule has 1 aliphatic carbocycles. The molecule has 0 spiro atoms. The lowest BCUT2D eigenvalue weighted by atomic mass is 9.91. The summed E-state index contributed by atoms with van der Waals surface area (Å²) in [5, 5.41) is 12.7. The van der Waals surface area contributed by atoms with E-state index in [1.54, 1.807) is 18.2 Å². The van der Waals surface area contributed by atoms with Crippen molar-refractivity contribution in [3.8, 4) is 0 Å². The van der Waals surface area contributed by atoms with Gasteiger partial charge in [0, 0.05) is 17.5 Å². The molecule has 1 amide bonds. The van der Waals surface area contributed by atoms with Crippen LogP contribution in [0.15, 0.2) is 30.0 Å². The number of aliphatic hydroxyl groups excluding tert-OH is 1. The average Bonchev–Trinajstić information content (AvgIpc) is 2.71. The van der Waals surface area contributed by atoms with Crippen molar-refractivity contribution in [1.82, 2.24) is 5.32 Å². The van der Waals surface area contributed by atoms with Crippen LogP contribution in [0, 0.1) is 0 Å². The van der Waals surface area contributed by atoms with E-state index in [9.17, 15) is 19.5 Å². The lowest BCUT2D eigenvalue weighted by Crippen LogP contribution is -2.35. The minimum atomic E-state index is -0.868. The summed E-state index contributed by atoms with van der Waals surface area (Å²) >= 11 is 0. The van der Waals surface area contributed by atoms with Gasteiger partial charge in [0.15, 0.2) is 5.76 Å². The third-order valence-electron chi connectivity index (χ3n) is 5.12. The van der Waals surface area contributed by atoms with E-state index in [0.717, 1.165) is 19.3 Å². The maximum atomic E-state index is 12.2. The molecular formula is C23H31NO4. The standard InChI is InChI=1S/C23H31NO4/c1-2-3-4-5-6-7-8-9-10-11-16-19(25)24-20-21(26)17-14-12-13-15-18(17)22(27)23(20)28/h12-15,26H,2-11,16H2,1H3,(H,24,25). The van der Waals surface area contributed by atoms with Crippen LogP contribution >= 0.6 is 0 Å². The Bertz CT molecular complexity index is 736. The predicted molar refractivity (Wildman–Crippen MR) is 110 cm³/mol. The highest BCUT2D eigenvalue weighted by Gasteiger charge is 2.33. The summed E-state index contributed by atoms with van der Waals surface area (Å²) in [4.78, 5) is 36.5.